The molecule has 6 heteroatoms. The van der Waals surface area contributed by atoms with E-state index in [-0.39, 0.29) is 6.61 Å². The first-order valence-corrected chi connectivity index (χ1v) is 11.2. The molecule has 1 N–H and O–H groups in total. The average molecular weight is 412 g/mol. The van der Waals surface area contributed by atoms with Gasteiger partial charge in [0.05, 0.1) is 25.5 Å². The van der Waals surface area contributed by atoms with Crippen LogP contribution in [0.4, 0.5) is 5.69 Å². The first-order chi connectivity index (χ1) is 14.3. The zero-order chi connectivity index (χ0) is 20.1. The third-order valence-corrected chi connectivity index (χ3v) is 6.59. The Morgan fingerprint density at radius 3 is 2.66 bits per heavy atom. The molecule has 0 amide bonds. The van der Waals surface area contributed by atoms with Crippen LogP contribution in [0.25, 0.3) is 0 Å². The zero-order valence-corrected chi connectivity index (χ0v) is 17.8. The van der Waals surface area contributed by atoms with Gasteiger partial charge in [0, 0.05) is 48.1 Å². The second-order valence-electron chi connectivity index (χ2n) is 7.35. The summed E-state index contributed by atoms with van der Waals surface area (Å²) in [5.74, 6) is 1.09. The lowest BCUT2D eigenvalue weighted by molar-refractivity contribution is 0.0652. The van der Waals surface area contributed by atoms with Gasteiger partial charge in [-0.1, -0.05) is 36.9 Å². The highest BCUT2D eigenvalue weighted by atomic mass is 32.2. The highest BCUT2D eigenvalue weighted by Crippen LogP contribution is 2.41. The SMILES string of the molecule is CCc1ccc2c(c1)Sc1ccccc1N=C2N1CCN(CCOCCO)CC1. The molecule has 0 atom stereocenters. The molecule has 0 spiro atoms. The number of ether oxygens (including phenoxy) is 1. The molecule has 0 aromatic heterocycles. The summed E-state index contributed by atoms with van der Waals surface area (Å²) in [6, 6.07) is 15.3. The lowest BCUT2D eigenvalue weighted by Gasteiger charge is -2.36. The van der Waals surface area contributed by atoms with E-state index in [0.717, 1.165) is 50.7 Å². The molecule has 1 fully saturated rings. The second kappa shape index (κ2) is 9.76. The molecule has 0 bridgehead atoms. The summed E-state index contributed by atoms with van der Waals surface area (Å²) in [5.41, 5.74) is 3.66. The Bertz CT molecular complexity index is 863. The molecule has 2 aliphatic heterocycles. The number of aliphatic hydroxyl groups is 1. The number of aliphatic hydroxyl groups excluding tert-OH is 1. The van der Waals surface area contributed by atoms with E-state index in [1.807, 2.05) is 11.8 Å². The number of fused-ring (bicyclic) bond motifs is 2. The number of aryl methyl sites for hydroxylation is 1. The lowest BCUT2D eigenvalue weighted by atomic mass is 10.1. The van der Waals surface area contributed by atoms with Crippen LogP contribution in [0.5, 0.6) is 0 Å². The van der Waals surface area contributed by atoms with Gasteiger partial charge in [-0.05, 0) is 36.2 Å². The Labute approximate surface area is 177 Å². The highest BCUT2D eigenvalue weighted by molar-refractivity contribution is 7.99. The van der Waals surface area contributed by atoms with Crippen LogP contribution in [0, 0.1) is 0 Å². The van der Waals surface area contributed by atoms with Crippen LogP contribution in [0.15, 0.2) is 57.2 Å². The van der Waals surface area contributed by atoms with Gasteiger partial charge in [0.1, 0.15) is 5.84 Å². The van der Waals surface area contributed by atoms with Crippen LogP contribution in [0.1, 0.15) is 18.1 Å². The first kappa shape index (κ1) is 20.4. The minimum Gasteiger partial charge on any atom is -0.394 e. The van der Waals surface area contributed by atoms with Crippen LogP contribution < -0.4 is 0 Å². The van der Waals surface area contributed by atoms with E-state index < -0.39 is 0 Å². The number of rotatable bonds is 6. The average Bonchev–Trinajstić information content (AvgIpc) is 2.93. The normalized spacial score (nSPS) is 16.8. The Kier molecular flexibility index (Phi) is 6.87. The molecule has 0 radical (unpaired) electrons. The van der Waals surface area contributed by atoms with Crippen LogP contribution in [0.3, 0.4) is 0 Å². The summed E-state index contributed by atoms with van der Waals surface area (Å²) in [6.07, 6.45) is 1.04. The van der Waals surface area contributed by atoms with Gasteiger partial charge in [0.15, 0.2) is 0 Å². The number of hydrogen-bond acceptors (Lipinski definition) is 6. The van der Waals surface area contributed by atoms with Gasteiger partial charge in [-0.2, -0.15) is 0 Å². The van der Waals surface area contributed by atoms with Gasteiger partial charge < -0.3 is 14.7 Å². The Hall–Kier alpha value is -1.86. The van der Waals surface area contributed by atoms with Crippen molar-refractivity contribution in [1.82, 2.24) is 9.80 Å². The van der Waals surface area contributed by atoms with Crippen molar-refractivity contribution < 1.29 is 9.84 Å². The maximum absolute atomic E-state index is 8.83. The van der Waals surface area contributed by atoms with Gasteiger partial charge in [-0.3, -0.25) is 4.90 Å². The van der Waals surface area contributed by atoms with Gasteiger partial charge in [-0.15, -0.1) is 0 Å². The first-order valence-electron chi connectivity index (χ1n) is 10.4. The van der Waals surface area contributed by atoms with Crippen LogP contribution in [-0.2, 0) is 11.2 Å². The summed E-state index contributed by atoms with van der Waals surface area (Å²) >= 11 is 1.83. The molecular formula is C23H29N3O2S. The van der Waals surface area contributed by atoms with Crippen molar-refractivity contribution in [2.75, 3.05) is 52.5 Å². The molecule has 4 rings (SSSR count). The summed E-state index contributed by atoms with van der Waals surface area (Å²) in [4.78, 5) is 12.5. The molecule has 0 saturated carbocycles. The van der Waals surface area contributed by atoms with Crippen molar-refractivity contribution in [1.29, 1.82) is 0 Å². The topological polar surface area (TPSA) is 48.3 Å². The van der Waals surface area contributed by atoms with Gasteiger partial charge in [0.2, 0.25) is 0 Å². The standard InChI is InChI=1S/C23H29N3O2S/c1-2-18-7-8-19-22(17-18)29-21-6-4-3-5-20(21)24-23(19)26-11-9-25(10-12-26)13-15-28-16-14-27/h3-8,17,27H,2,9-16H2,1H3. The van der Waals surface area contributed by atoms with E-state index in [2.05, 4.69) is 59.2 Å². The number of piperazine rings is 1. The van der Waals surface area contributed by atoms with Crippen molar-refractivity contribution in [3.63, 3.8) is 0 Å². The summed E-state index contributed by atoms with van der Waals surface area (Å²) in [5, 5.41) is 8.83. The molecule has 2 aliphatic rings. The molecule has 0 unspecified atom stereocenters. The summed E-state index contributed by atoms with van der Waals surface area (Å²) in [7, 11) is 0. The van der Waals surface area contributed by atoms with E-state index in [0.29, 0.717) is 13.2 Å². The van der Waals surface area contributed by atoms with Gasteiger partial charge in [0.25, 0.3) is 0 Å². The predicted molar refractivity (Wildman–Crippen MR) is 118 cm³/mol. The monoisotopic (exact) mass is 411 g/mol. The Balaban J connectivity index is 1.54. The van der Waals surface area contributed by atoms with Gasteiger partial charge >= 0.3 is 0 Å². The largest absolute Gasteiger partial charge is 0.394 e. The van der Waals surface area contributed by atoms with Gasteiger partial charge in [-0.25, -0.2) is 4.99 Å². The fourth-order valence-corrected chi connectivity index (χ4v) is 4.85. The quantitative estimate of drug-likeness (QED) is 0.738. The predicted octanol–water partition coefficient (Wildman–Crippen LogP) is 3.42. The third-order valence-electron chi connectivity index (χ3n) is 5.47. The molecule has 1 saturated heterocycles. The van der Waals surface area contributed by atoms with Crippen LogP contribution in [-0.4, -0.2) is 73.3 Å². The van der Waals surface area contributed by atoms with E-state index in [1.54, 1.807) is 0 Å². The van der Waals surface area contributed by atoms with Crippen molar-refractivity contribution in [3.8, 4) is 0 Å². The fourth-order valence-electron chi connectivity index (χ4n) is 3.77. The molecule has 5 nitrogen and oxygen atoms in total. The summed E-state index contributed by atoms with van der Waals surface area (Å²) in [6.45, 7) is 8.22. The maximum atomic E-state index is 8.83. The molecular weight excluding hydrogens is 382 g/mol. The maximum Gasteiger partial charge on any atom is 0.137 e. The van der Waals surface area contributed by atoms with E-state index in [1.165, 1.54) is 20.9 Å². The number of aliphatic imine (C=N–C) groups is 1. The van der Waals surface area contributed by atoms with Crippen LogP contribution >= 0.6 is 11.8 Å². The van der Waals surface area contributed by atoms with E-state index in [4.69, 9.17) is 14.8 Å². The molecule has 154 valence electrons. The van der Waals surface area contributed by atoms with Crippen molar-refractivity contribution in [2.45, 2.75) is 23.1 Å². The van der Waals surface area contributed by atoms with E-state index >= 15 is 0 Å². The molecule has 29 heavy (non-hydrogen) atoms. The number of nitrogens with zero attached hydrogens (tertiary/aromatic N) is 3. The number of amidine groups is 1. The fraction of sp³-hybridized carbons (Fsp3) is 0.435. The minimum atomic E-state index is 0.0895. The highest BCUT2D eigenvalue weighted by Gasteiger charge is 2.25. The van der Waals surface area contributed by atoms with E-state index in [9.17, 15) is 0 Å². The minimum absolute atomic E-state index is 0.0895. The Morgan fingerprint density at radius 2 is 1.86 bits per heavy atom. The number of hydrogen-bond donors (Lipinski definition) is 1. The number of para-hydroxylation sites is 1. The van der Waals surface area contributed by atoms with Crippen molar-refractivity contribution in [2.24, 2.45) is 4.99 Å². The zero-order valence-electron chi connectivity index (χ0n) is 17.0. The second-order valence-corrected chi connectivity index (χ2v) is 8.44. The van der Waals surface area contributed by atoms with Crippen molar-refractivity contribution in [3.05, 3.63) is 53.6 Å². The molecule has 0 aliphatic carbocycles. The smallest absolute Gasteiger partial charge is 0.137 e. The lowest BCUT2D eigenvalue weighted by Crippen LogP contribution is -2.49. The molecule has 2 aromatic carbocycles. The molecule has 2 heterocycles. The van der Waals surface area contributed by atoms with Crippen LogP contribution in [0.2, 0.25) is 0 Å². The summed E-state index contributed by atoms with van der Waals surface area (Å²) < 4.78 is 5.42. The number of benzene rings is 2. The molecule has 2 aromatic rings. The van der Waals surface area contributed by atoms with Crippen molar-refractivity contribution >= 4 is 23.3 Å². The third kappa shape index (κ3) is 4.83. The Morgan fingerprint density at radius 1 is 1.03 bits per heavy atom.